The van der Waals surface area contributed by atoms with Crippen molar-refractivity contribution in [3.63, 3.8) is 0 Å². The van der Waals surface area contributed by atoms with Gasteiger partial charge in [-0.25, -0.2) is 4.98 Å². The third-order valence-electron chi connectivity index (χ3n) is 4.02. The number of thiocarbonyl (C=S) groups is 1. The van der Waals surface area contributed by atoms with E-state index in [1.165, 1.54) is 23.5 Å². The lowest BCUT2D eigenvalue weighted by molar-refractivity contribution is -0.137. The van der Waals surface area contributed by atoms with Crippen molar-refractivity contribution in [1.29, 1.82) is 0 Å². The number of hydrogen-bond donors (Lipinski definition) is 1. The van der Waals surface area contributed by atoms with Crippen molar-refractivity contribution >= 4 is 33.8 Å². The lowest BCUT2D eigenvalue weighted by atomic mass is 10.1. The lowest BCUT2D eigenvalue weighted by Crippen LogP contribution is -2.48. The molecule has 1 aromatic heterocycles. The molecular weight excluding hydrogens is 369 g/mol. The van der Waals surface area contributed by atoms with Crippen LogP contribution in [0.25, 0.3) is 11.3 Å². The molecule has 3 rings (SSSR count). The third kappa shape index (κ3) is 4.47. The van der Waals surface area contributed by atoms with Gasteiger partial charge in [0.1, 0.15) is 0 Å². The molecule has 4 nitrogen and oxygen atoms in total. The first-order valence-corrected chi connectivity index (χ1v) is 8.99. The maximum atomic E-state index is 12.6. The molecule has 0 aliphatic carbocycles. The van der Waals surface area contributed by atoms with Crippen molar-refractivity contribution in [2.45, 2.75) is 6.18 Å². The SMILES string of the molecule is CN1CCN(C(=S)Nc2nc(-c3ccc(C(F)(F)F)cc3)cs2)CC1. The summed E-state index contributed by atoms with van der Waals surface area (Å²) in [5.41, 5.74) is 0.603. The molecule has 0 atom stereocenters. The van der Waals surface area contributed by atoms with E-state index in [9.17, 15) is 13.2 Å². The molecule has 1 aliphatic rings. The van der Waals surface area contributed by atoms with Crippen molar-refractivity contribution in [2.75, 3.05) is 38.5 Å². The molecule has 0 spiro atoms. The molecule has 2 heterocycles. The molecule has 0 amide bonds. The molecule has 1 aromatic carbocycles. The molecule has 0 bridgehead atoms. The first kappa shape index (κ1) is 18.1. The zero-order valence-corrected chi connectivity index (χ0v) is 15.1. The second kappa shape index (κ2) is 7.27. The summed E-state index contributed by atoms with van der Waals surface area (Å²) >= 11 is 6.79. The Morgan fingerprint density at radius 3 is 2.40 bits per heavy atom. The van der Waals surface area contributed by atoms with Crippen molar-refractivity contribution in [3.05, 3.63) is 35.2 Å². The van der Waals surface area contributed by atoms with Crippen LogP contribution in [-0.4, -0.2) is 53.1 Å². The molecule has 2 aromatic rings. The predicted molar refractivity (Wildman–Crippen MR) is 97.8 cm³/mol. The average molecular weight is 386 g/mol. The van der Waals surface area contributed by atoms with E-state index in [-0.39, 0.29) is 0 Å². The van der Waals surface area contributed by atoms with Crippen LogP contribution < -0.4 is 5.32 Å². The summed E-state index contributed by atoms with van der Waals surface area (Å²) in [7, 11) is 2.07. The predicted octanol–water partition coefficient (Wildman–Crippen LogP) is 3.77. The Hall–Kier alpha value is -1.71. The smallest absolute Gasteiger partial charge is 0.346 e. The number of alkyl halides is 3. The number of benzene rings is 1. The highest BCUT2D eigenvalue weighted by Gasteiger charge is 2.30. The van der Waals surface area contributed by atoms with E-state index in [4.69, 9.17) is 12.2 Å². The fraction of sp³-hybridized carbons (Fsp3) is 0.375. The molecule has 1 fully saturated rings. The van der Waals surface area contributed by atoms with Gasteiger partial charge in [0.05, 0.1) is 11.3 Å². The number of piperazine rings is 1. The van der Waals surface area contributed by atoms with E-state index in [0.29, 0.717) is 21.5 Å². The van der Waals surface area contributed by atoms with Gasteiger partial charge in [-0.3, -0.25) is 0 Å². The number of hydrogen-bond acceptors (Lipinski definition) is 4. The van der Waals surface area contributed by atoms with E-state index < -0.39 is 11.7 Å². The standard InChI is InChI=1S/C16H17F3N4S2/c1-22-6-8-23(9-7-22)15(24)21-14-20-13(10-25-14)11-2-4-12(5-3-11)16(17,18)19/h2-5,10H,6-9H2,1H3,(H,20,21,24). The Labute approximate surface area is 153 Å². The summed E-state index contributed by atoms with van der Waals surface area (Å²) in [6.07, 6.45) is -4.33. The van der Waals surface area contributed by atoms with Gasteiger partial charge in [0, 0.05) is 37.1 Å². The van der Waals surface area contributed by atoms with Crippen LogP contribution in [0.2, 0.25) is 0 Å². The summed E-state index contributed by atoms with van der Waals surface area (Å²) in [5.74, 6) is 0. The second-order valence-electron chi connectivity index (χ2n) is 5.83. The topological polar surface area (TPSA) is 31.4 Å². The first-order chi connectivity index (χ1) is 11.8. The Morgan fingerprint density at radius 2 is 1.80 bits per heavy atom. The summed E-state index contributed by atoms with van der Waals surface area (Å²) in [6, 6.07) is 4.99. The van der Waals surface area contributed by atoms with Crippen LogP contribution in [0.1, 0.15) is 5.56 Å². The van der Waals surface area contributed by atoms with Crippen LogP contribution >= 0.6 is 23.6 Å². The van der Waals surface area contributed by atoms with E-state index in [0.717, 1.165) is 38.3 Å². The van der Waals surface area contributed by atoms with Gasteiger partial charge >= 0.3 is 6.18 Å². The van der Waals surface area contributed by atoms with Gasteiger partial charge in [-0.1, -0.05) is 12.1 Å². The van der Waals surface area contributed by atoms with Crippen molar-refractivity contribution in [3.8, 4) is 11.3 Å². The van der Waals surface area contributed by atoms with E-state index >= 15 is 0 Å². The highest BCUT2D eigenvalue weighted by Crippen LogP contribution is 2.31. The minimum Gasteiger partial charge on any atom is -0.346 e. The molecular formula is C16H17F3N4S2. The minimum absolute atomic E-state index is 0.626. The molecule has 0 saturated carbocycles. The van der Waals surface area contributed by atoms with Gasteiger partial charge in [-0.2, -0.15) is 13.2 Å². The average Bonchev–Trinajstić information content (AvgIpc) is 3.03. The largest absolute Gasteiger partial charge is 0.416 e. The summed E-state index contributed by atoms with van der Waals surface area (Å²) in [6.45, 7) is 3.63. The molecule has 0 radical (unpaired) electrons. The van der Waals surface area contributed by atoms with Gasteiger partial charge < -0.3 is 15.1 Å². The van der Waals surface area contributed by atoms with E-state index in [1.807, 2.05) is 0 Å². The minimum atomic E-state index is -4.33. The van der Waals surface area contributed by atoms with Crippen molar-refractivity contribution in [1.82, 2.24) is 14.8 Å². The highest BCUT2D eigenvalue weighted by molar-refractivity contribution is 7.80. The fourth-order valence-corrected chi connectivity index (χ4v) is 3.54. The van der Waals surface area contributed by atoms with E-state index in [1.54, 1.807) is 5.38 Å². The Bertz CT molecular complexity index is 735. The lowest BCUT2D eigenvalue weighted by Gasteiger charge is -2.33. The highest BCUT2D eigenvalue weighted by atomic mass is 32.1. The molecule has 1 saturated heterocycles. The van der Waals surface area contributed by atoms with Gasteiger partial charge in [0.15, 0.2) is 10.2 Å². The molecule has 1 aliphatic heterocycles. The van der Waals surface area contributed by atoms with Crippen LogP contribution in [-0.2, 0) is 6.18 Å². The maximum Gasteiger partial charge on any atom is 0.416 e. The number of nitrogens with zero attached hydrogens (tertiary/aromatic N) is 3. The van der Waals surface area contributed by atoms with Gasteiger partial charge in [0.25, 0.3) is 0 Å². The number of thiazole rings is 1. The Kier molecular flexibility index (Phi) is 5.26. The number of aromatic nitrogens is 1. The van der Waals surface area contributed by atoms with Crippen LogP contribution in [0, 0.1) is 0 Å². The summed E-state index contributed by atoms with van der Waals surface area (Å²) in [5, 5.41) is 6.19. The fourth-order valence-electron chi connectivity index (χ4n) is 2.47. The van der Waals surface area contributed by atoms with Crippen molar-refractivity contribution < 1.29 is 13.2 Å². The molecule has 1 N–H and O–H groups in total. The third-order valence-corrected chi connectivity index (χ3v) is 5.13. The normalized spacial score (nSPS) is 16.1. The molecule has 0 unspecified atom stereocenters. The number of nitrogens with one attached hydrogen (secondary N) is 1. The zero-order valence-electron chi connectivity index (χ0n) is 13.5. The molecule has 25 heavy (non-hydrogen) atoms. The number of rotatable bonds is 2. The Balaban J connectivity index is 1.65. The van der Waals surface area contributed by atoms with Crippen molar-refractivity contribution in [2.24, 2.45) is 0 Å². The quantitative estimate of drug-likeness (QED) is 0.794. The van der Waals surface area contributed by atoms with Crippen LogP contribution in [0.3, 0.4) is 0 Å². The summed E-state index contributed by atoms with van der Waals surface area (Å²) < 4.78 is 37.9. The zero-order chi connectivity index (χ0) is 18.0. The number of anilines is 1. The number of halogens is 3. The van der Waals surface area contributed by atoms with Crippen LogP contribution in [0.4, 0.5) is 18.3 Å². The molecule has 9 heteroatoms. The number of likely N-dealkylation sites (N-methyl/N-ethyl adjacent to an activating group) is 1. The molecule has 134 valence electrons. The second-order valence-corrected chi connectivity index (χ2v) is 7.08. The monoisotopic (exact) mass is 386 g/mol. The van der Waals surface area contributed by atoms with Crippen LogP contribution in [0.5, 0.6) is 0 Å². The summed E-state index contributed by atoms with van der Waals surface area (Å²) in [4.78, 5) is 8.76. The van der Waals surface area contributed by atoms with E-state index in [2.05, 4.69) is 27.1 Å². The first-order valence-electron chi connectivity index (χ1n) is 7.70. The van der Waals surface area contributed by atoms with Crippen LogP contribution in [0.15, 0.2) is 29.6 Å². The van der Waals surface area contributed by atoms with Gasteiger partial charge in [-0.15, -0.1) is 11.3 Å². The van der Waals surface area contributed by atoms with Gasteiger partial charge in [-0.05, 0) is 31.4 Å². The van der Waals surface area contributed by atoms with Gasteiger partial charge in [0.2, 0.25) is 0 Å². The Morgan fingerprint density at radius 1 is 1.16 bits per heavy atom. The maximum absolute atomic E-state index is 12.6.